The van der Waals surface area contributed by atoms with Crippen molar-refractivity contribution in [3.8, 4) is 0 Å². The molecule has 0 spiro atoms. The maximum Gasteiger partial charge on any atom is 0.237 e. The summed E-state index contributed by atoms with van der Waals surface area (Å²) in [4.78, 5) is 12.0. The summed E-state index contributed by atoms with van der Waals surface area (Å²) in [5.41, 5.74) is 7.30. The Morgan fingerprint density at radius 3 is 2.67 bits per heavy atom. The summed E-state index contributed by atoms with van der Waals surface area (Å²) in [6.07, 6.45) is 3.47. The smallest absolute Gasteiger partial charge is 0.237 e. The van der Waals surface area contributed by atoms with Crippen molar-refractivity contribution in [3.05, 3.63) is 35.9 Å². The van der Waals surface area contributed by atoms with Gasteiger partial charge >= 0.3 is 0 Å². The first-order chi connectivity index (χ1) is 11.3. The van der Waals surface area contributed by atoms with Crippen LogP contribution in [0.25, 0.3) is 0 Å². The van der Waals surface area contributed by atoms with Crippen molar-refractivity contribution in [3.63, 3.8) is 0 Å². The van der Waals surface area contributed by atoms with E-state index in [1.807, 2.05) is 18.2 Å². The summed E-state index contributed by atoms with van der Waals surface area (Å²) < 4.78 is 10.9. The molecule has 0 aromatic heterocycles. The van der Waals surface area contributed by atoms with Crippen molar-refractivity contribution in [1.82, 2.24) is 5.32 Å². The number of benzene rings is 1. The van der Waals surface area contributed by atoms with Crippen LogP contribution in [0, 0.1) is 5.92 Å². The highest BCUT2D eigenvalue weighted by Crippen LogP contribution is 2.17. The van der Waals surface area contributed by atoms with Gasteiger partial charge in [0.25, 0.3) is 0 Å². The van der Waals surface area contributed by atoms with Crippen LogP contribution in [0.2, 0.25) is 0 Å². The molecular weight excluding hydrogens is 328 g/mol. The summed E-state index contributed by atoms with van der Waals surface area (Å²) in [6.45, 7) is 3.39. The van der Waals surface area contributed by atoms with Crippen LogP contribution in [0.1, 0.15) is 24.8 Å². The number of hydrogen-bond acceptors (Lipinski definition) is 4. The van der Waals surface area contributed by atoms with E-state index in [1.165, 1.54) is 5.56 Å². The Kier molecular flexibility index (Phi) is 10.7. The standard InChI is InChI=1S/C18H28N2O3.ClH/c19-17(16-8-13-23-14-9-16)18(21)20-10-4-11-22-12-7-15-5-2-1-3-6-15;/h1-3,5-6,16-17H,4,7-14,19H2,(H,20,21);1H. The third kappa shape index (κ3) is 7.62. The molecule has 0 radical (unpaired) electrons. The molecule has 1 heterocycles. The number of carbonyl (C=O) groups excluding carboxylic acids is 1. The number of nitrogens with two attached hydrogens (primary N) is 1. The maximum atomic E-state index is 12.0. The van der Waals surface area contributed by atoms with E-state index in [1.54, 1.807) is 0 Å². The minimum atomic E-state index is -0.419. The van der Waals surface area contributed by atoms with Gasteiger partial charge in [0.2, 0.25) is 5.91 Å². The Balaban J connectivity index is 0.00000288. The average Bonchev–Trinajstić information content (AvgIpc) is 2.61. The van der Waals surface area contributed by atoms with Crippen molar-refractivity contribution in [1.29, 1.82) is 0 Å². The molecule has 2 rings (SSSR count). The van der Waals surface area contributed by atoms with E-state index in [-0.39, 0.29) is 24.2 Å². The second kappa shape index (κ2) is 12.3. The van der Waals surface area contributed by atoms with Crippen LogP contribution >= 0.6 is 12.4 Å². The maximum absolute atomic E-state index is 12.0. The third-order valence-corrected chi connectivity index (χ3v) is 4.22. The zero-order valence-corrected chi connectivity index (χ0v) is 14.9. The molecule has 1 amide bonds. The molecule has 6 heteroatoms. The molecule has 0 bridgehead atoms. The van der Waals surface area contributed by atoms with E-state index in [2.05, 4.69) is 17.4 Å². The predicted octanol–water partition coefficient (Wildman–Crippen LogP) is 1.93. The van der Waals surface area contributed by atoms with Gasteiger partial charge < -0.3 is 20.5 Å². The molecule has 24 heavy (non-hydrogen) atoms. The molecule has 1 aliphatic rings. The second-order valence-electron chi connectivity index (χ2n) is 5.97. The molecule has 1 fully saturated rings. The van der Waals surface area contributed by atoms with Crippen LogP contribution in [-0.2, 0) is 20.7 Å². The zero-order chi connectivity index (χ0) is 16.3. The Hall–Kier alpha value is -1.14. The largest absolute Gasteiger partial charge is 0.381 e. The molecule has 1 atom stereocenters. The fraction of sp³-hybridized carbons (Fsp3) is 0.611. The quantitative estimate of drug-likeness (QED) is 0.663. The molecule has 5 nitrogen and oxygen atoms in total. The average molecular weight is 357 g/mol. The van der Waals surface area contributed by atoms with E-state index in [0.717, 1.165) is 25.7 Å². The number of halogens is 1. The van der Waals surface area contributed by atoms with Gasteiger partial charge in [0.1, 0.15) is 0 Å². The van der Waals surface area contributed by atoms with Crippen molar-refractivity contribution in [2.24, 2.45) is 11.7 Å². The predicted molar refractivity (Wildman–Crippen MR) is 97.4 cm³/mol. The van der Waals surface area contributed by atoms with E-state index in [4.69, 9.17) is 15.2 Å². The van der Waals surface area contributed by atoms with Crippen LogP contribution in [0.4, 0.5) is 0 Å². The van der Waals surface area contributed by atoms with Gasteiger partial charge in [-0.1, -0.05) is 30.3 Å². The lowest BCUT2D eigenvalue weighted by Gasteiger charge is -2.26. The topological polar surface area (TPSA) is 73.6 Å². The van der Waals surface area contributed by atoms with Crippen molar-refractivity contribution in [2.75, 3.05) is 33.0 Å². The van der Waals surface area contributed by atoms with Gasteiger partial charge in [-0.15, -0.1) is 12.4 Å². The fourth-order valence-electron chi connectivity index (χ4n) is 2.73. The van der Waals surface area contributed by atoms with Crippen LogP contribution in [0.3, 0.4) is 0 Å². The van der Waals surface area contributed by atoms with Crippen LogP contribution in [-0.4, -0.2) is 44.9 Å². The molecule has 1 aromatic rings. The number of rotatable bonds is 9. The molecular formula is C18H29ClN2O3. The Bertz CT molecular complexity index is 453. The van der Waals surface area contributed by atoms with Crippen molar-refractivity contribution < 1.29 is 14.3 Å². The van der Waals surface area contributed by atoms with Crippen LogP contribution in [0.15, 0.2) is 30.3 Å². The fourth-order valence-corrected chi connectivity index (χ4v) is 2.73. The molecule has 1 aliphatic heterocycles. The van der Waals surface area contributed by atoms with Crippen molar-refractivity contribution in [2.45, 2.75) is 31.7 Å². The molecule has 1 aromatic carbocycles. The van der Waals surface area contributed by atoms with Gasteiger partial charge in [-0.3, -0.25) is 4.79 Å². The molecule has 1 saturated heterocycles. The van der Waals surface area contributed by atoms with Gasteiger partial charge in [-0.2, -0.15) is 0 Å². The highest BCUT2D eigenvalue weighted by atomic mass is 35.5. The van der Waals surface area contributed by atoms with Crippen molar-refractivity contribution >= 4 is 18.3 Å². The lowest BCUT2D eigenvalue weighted by atomic mass is 9.92. The Labute approximate surface area is 150 Å². The zero-order valence-electron chi connectivity index (χ0n) is 14.1. The van der Waals surface area contributed by atoms with Crippen LogP contribution in [0.5, 0.6) is 0 Å². The summed E-state index contributed by atoms with van der Waals surface area (Å²) >= 11 is 0. The molecule has 3 N–H and O–H groups in total. The third-order valence-electron chi connectivity index (χ3n) is 4.22. The summed E-state index contributed by atoms with van der Waals surface area (Å²) in [5, 5.41) is 2.90. The minimum Gasteiger partial charge on any atom is -0.381 e. The molecule has 136 valence electrons. The molecule has 0 aliphatic carbocycles. The van der Waals surface area contributed by atoms with Gasteiger partial charge in [-0.05, 0) is 37.2 Å². The van der Waals surface area contributed by atoms with Crippen LogP contribution < -0.4 is 11.1 Å². The first kappa shape index (κ1) is 20.9. The Morgan fingerprint density at radius 1 is 1.25 bits per heavy atom. The van der Waals surface area contributed by atoms with Gasteiger partial charge in [-0.25, -0.2) is 0 Å². The van der Waals surface area contributed by atoms with E-state index in [0.29, 0.717) is 33.0 Å². The monoisotopic (exact) mass is 356 g/mol. The number of hydrogen-bond donors (Lipinski definition) is 2. The number of ether oxygens (including phenoxy) is 2. The normalized spacial score (nSPS) is 16.2. The molecule has 0 saturated carbocycles. The number of amides is 1. The van der Waals surface area contributed by atoms with Gasteiger partial charge in [0, 0.05) is 26.4 Å². The van der Waals surface area contributed by atoms with Gasteiger partial charge in [0.05, 0.1) is 12.6 Å². The highest BCUT2D eigenvalue weighted by molar-refractivity contribution is 5.85. The first-order valence-electron chi connectivity index (χ1n) is 8.50. The molecule has 1 unspecified atom stereocenters. The van der Waals surface area contributed by atoms with E-state index >= 15 is 0 Å². The second-order valence-corrected chi connectivity index (χ2v) is 5.97. The highest BCUT2D eigenvalue weighted by Gasteiger charge is 2.26. The number of carbonyl (C=O) groups is 1. The van der Waals surface area contributed by atoms with Gasteiger partial charge in [0.15, 0.2) is 0 Å². The Morgan fingerprint density at radius 2 is 1.96 bits per heavy atom. The van der Waals surface area contributed by atoms with E-state index < -0.39 is 6.04 Å². The van der Waals surface area contributed by atoms with E-state index in [9.17, 15) is 4.79 Å². The lowest BCUT2D eigenvalue weighted by Crippen LogP contribution is -2.47. The SMILES string of the molecule is Cl.NC(C(=O)NCCCOCCc1ccccc1)C1CCOCC1. The number of nitrogens with one attached hydrogen (secondary N) is 1. The lowest BCUT2D eigenvalue weighted by molar-refractivity contribution is -0.124. The summed E-state index contributed by atoms with van der Waals surface area (Å²) in [7, 11) is 0. The summed E-state index contributed by atoms with van der Waals surface area (Å²) in [5.74, 6) is 0.187. The summed E-state index contributed by atoms with van der Waals surface area (Å²) in [6, 6.07) is 9.86. The first-order valence-corrected chi connectivity index (χ1v) is 8.50. The minimum absolute atomic E-state index is 0.